The van der Waals surface area contributed by atoms with Gasteiger partial charge in [0.2, 0.25) is 0 Å². The Balaban J connectivity index is 0.000000269. The maximum atomic E-state index is 11.9. The maximum absolute atomic E-state index is 11.9. The van der Waals surface area contributed by atoms with Gasteiger partial charge < -0.3 is 10.1 Å². The average Bonchev–Trinajstić information content (AvgIpc) is 3.21. The highest BCUT2D eigenvalue weighted by molar-refractivity contribution is 5.70. The van der Waals surface area contributed by atoms with Gasteiger partial charge in [-0.1, -0.05) is 17.9 Å². The number of carbonyl (C=O) groups excluding carboxylic acids is 1. The van der Waals surface area contributed by atoms with Crippen molar-refractivity contribution in [2.75, 3.05) is 6.61 Å². The molecule has 2 aromatic heterocycles. The molecule has 1 atom stereocenters. The molecule has 0 unspecified atom stereocenters. The number of hydrogen-bond acceptors (Lipinski definition) is 4. The van der Waals surface area contributed by atoms with Gasteiger partial charge >= 0.3 is 6.09 Å². The Labute approximate surface area is 173 Å². The molecule has 7 heteroatoms. The van der Waals surface area contributed by atoms with Crippen LogP contribution < -0.4 is 5.32 Å². The lowest BCUT2D eigenvalue weighted by Crippen LogP contribution is -2.18. The normalized spacial score (nSPS) is 13.7. The van der Waals surface area contributed by atoms with Gasteiger partial charge in [0.15, 0.2) is 0 Å². The Hall–Kier alpha value is -4.23. The van der Waals surface area contributed by atoms with Crippen LogP contribution in [0, 0.1) is 36.3 Å². The SMILES string of the molecule is C#C.Fc1cccc(F)c1.O=C1N[C@H](c2cncc(C#Cc3cccnc3)c2)CO1. The van der Waals surface area contributed by atoms with E-state index in [0.29, 0.717) is 6.61 Å². The molecule has 1 aromatic carbocycles. The van der Waals surface area contributed by atoms with Crippen molar-refractivity contribution >= 4 is 6.09 Å². The Morgan fingerprint density at radius 3 is 2.23 bits per heavy atom. The Kier molecular flexibility index (Phi) is 8.51. The Morgan fingerprint density at radius 1 is 0.967 bits per heavy atom. The predicted octanol–water partition coefficient (Wildman–Crippen LogP) is 3.87. The van der Waals surface area contributed by atoms with Gasteiger partial charge in [0, 0.05) is 42.0 Å². The summed E-state index contributed by atoms with van der Waals surface area (Å²) in [7, 11) is 0. The van der Waals surface area contributed by atoms with Gasteiger partial charge in [0.25, 0.3) is 0 Å². The van der Waals surface area contributed by atoms with Crippen LogP contribution in [0.5, 0.6) is 0 Å². The summed E-state index contributed by atoms with van der Waals surface area (Å²) in [4.78, 5) is 19.2. The van der Waals surface area contributed by atoms with E-state index in [1.807, 2.05) is 18.2 Å². The van der Waals surface area contributed by atoms with Crippen LogP contribution in [0.1, 0.15) is 22.7 Å². The van der Waals surface area contributed by atoms with E-state index < -0.39 is 17.7 Å². The number of nitrogens with zero attached hydrogens (tertiary/aromatic N) is 2. The number of alkyl carbamates (subject to hydrolysis) is 1. The van der Waals surface area contributed by atoms with E-state index in [1.165, 1.54) is 18.2 Å². The minimum absolute atomic E-state index is 0.157. The first-order chi connectivity index (χ1) is 14.6. The fraction of sp³-hybridized carbons (Fsp3) is 0.0870. The van der Waals surface area contributed by atoms with Gasteiger partial charge in [-0.15, -0.1) is 12.8 Å². The number of carbonyl (C=O) groups is 1. The first kappa shape index (κ1) is 22.1. The van der Waals surface area contributed by atoms with Gasteiger partial charge in [0.05, 0.1) is 6.04 Å². The van der Waals surface area contributed by atoms with Gasteiger partial charge in [-0.2, -0.15) is 0 Å². The number of benzene rings is 1. The van der Waals surface area contributed by atoms with Crippen molar-refractivity contribution < 1.29 is 18.3 Å². The van der Waals surface area contributed by atoms with Crippen LogP contribution in [0.25, 0.3) is 0 Å². The predicted molar refractivity (Wildman–Crippen MR) is 108 cm³/mol. The van der Waals surface area contributed by atoms with Crippen molar-refractivity contribution in [2.24, 2.45) is 0 Å². The lowest BCUT2D eigenvalue weighted by atomic mass is 10.1. The number of hydrogen-bond donors (Lipinski definition) is 1. The second kappa shape index (κ2) is 11.6. The van der Waals surface area contributed by atoms with Crippen LogP contribution in [0.3, 0.4) is 0 Å². The van der Waals surface area contributed by atoms with Crippen LogP contribution in [0.2, 0.25) is 0 Å². The first-order valence-electron chi connectivity index (χ1n) is 8.65. The zero-order chi connectivity index (χ0) is 21.8. The highest BCUT2D eigenvalue weighted by atomic mass is 19.1. The molecule has 3 heterocycles. The summed E-state index contributed by atoms with van der Waals surface area (Å²) in [5, 5.41) is 2.71. The van der Waals surface area contributed by atoms with Crippen molar-refractivity contribution in [3.05, 3.63) is 95.6 Å². The Bertz CT molecular complexity index is 1040. The quantitative estimate of drug-likeness (QED) is 0.625. The number of terminal acetylenes is 1. The molecule has 0 spiro atoms. The zero-order valence-corrected chi connectivity index (χ0v) is 15.8. The molecule has 1 N–H and O–H groups in total. The van der Waals surface area contributed by atoms with E-state index >= 15 is 0 Å². The minimum atomic E-state index is -0.537. The number of amides is 1. The number of cyclic esters (lactones) is 1. The smallest absolute Gasteiger partial charge is 0.407 e. The van der Waals surface area contributed by atoms with Crippen LogP contribution in [-0.4, -0.2) is 22.7 Å². The fourth-order valence-electron chi connectivity index (χ4n) is 2.32. The maximum Gasteiger partial charge on any atom is 0.407 e. The van der Waals surface area contributed by atoms with Crippen molar-refractivity contribution in [2.45, 2.75) is 6.04 Å². The van der Waals surface area contributed by atoms with Gasteiger partial charge in [-0.25, -0.2) is 13.6 Å². The van der Waals surface area contributed by atoms with Crippen molar-refractivity contribution in [1.82, 2.24) is 15.3 Å². The van der Waals surface area contributed by atoms with E-state index in [1.54, 1.807) is 24.8 Å². The van der Waals surface area contributed by atoms with Crippen LogP contribution >= 0.6 is 0 Å². The monoisotopic (exact) mass is 405 g/mol. The fourth-order valence-corrected chi connectivity index (χ4v) is 2.32. The molecule has 150 valence electrons. The Morgan fingerprint density at radius 2 is 1.67 bits per heavy atom. The average molecular weight is 405 g/mol. The van der Waals surface area contributed by atoms with Gasteiger partial charge in [-0.05, 0) is 35.9 Å². The third kappa shape index (κ3) is 7.06. The molecule has 0 saturated carbocycles. The third-order valence-corrected chi connectivity index (χ3v) is 3.63. The molecule has 0 aliphatic carbocycles. The number of pyridine rings is 2. The number of aromatic nitrogens is 2. The molecular formula is C23H17F2N3O2. The molecular weight excluding hydrogens is 388 g/mol. The lowest BCUT2D eigenvalue weighted by Gasteiger charge is -2.06. The van der Waals surface area contributed by atoms with Crippen LogP contribution in [-0.2, 0) is 4.74 Å². The summed E-state index contributed by atoms with van der Waals surface area (Å²) in [5.74, 6) is 4.97. The van der Waals surface area contributed by atoms with E-state index in [9.17, 15) is 13.6 Å². The second-order valence-corrected chi connectivity index (χ2v) is 5.73. The minimum Gasteiger partial charge on any atom is -0.447 e. The number of nitrogens with one attached hydrogen (secondary N) is 1. The highest BCUT2D eigenvalue weighted by Crippen LogP contribution is 2.17. The molecule has 1 saturated heterocycles. The van der Waals surface area contributed by atoms with Gasteiger partial charge in [-0.3, -0.25) is 9.97 Å². The number of ether oxygens (including phenoxy) is 1. The molecule has 0 bridgehead atoms. The topological polar surface area (TPSA) is 64.1 Å². The molecule has 1 amide bonds. The summed E-state index contributed by atoms with van der Waals surface area (Å²) >= 11 is 0. The van der Waals surface area contributed by atoms with E-state index in [0.717, 1.165) is 22.8 Å². The summed E-state index contributed by atoms with van der Waals surface area (Å²) in [6.07, 6.45) is 14.4. The second-order valence-electron chi connectivity index (χ2n) is 5.73. The molecule has 0 radical (unpaired) electrons. The zero-order valence-electron chi connectivity index (χ0n) is 15.8. The van der Waals surface area contributed by atoms with Crippen molar-refractivity contribution in [1.29, 1.82) is 0 Å². The van der Waals surface area contributed by atoms with E-state index in [2.05, 4.69) is 40.0 Å². The number of rotatable bonds is 1. The van der Waals surface area contributed by atoms with E-state index in [-0.39, 0.29) is 6.04 Å². The highest BCUT2D eigenvalue weighted by Gasteiger charge is 2.23. The summed E-state index contributed by atoms with van der Waals surface area (Å²) < 4.78 is 28.7. The molecule has 4 rings (SSSR count). The molecule has 1 aliphatic rings. The number of halogens is 2. The summed E-state index contributed by atoms with van der Waals surface area (Å²) in [6, 6.07) is 10.0. The van der Waals surface area contributed by atoms with Crippen LogP contribution in [0.4, 0.5) is 13.6 Å². The summed E-state index contributed by atoms with van der Waals surface area (Å²) in [5.41, 5.74) is 2.51. The standard InChI is InChI=1S/C15H11N3O2.C6H4F2.C2H2/c19-15-18-14(10-20-15)13-6-12(8-17-9-13)4-3-11-2-1-5-16-7-11;7-5-2-1-3-6(8)4-5;1-2/h1-2,5-9,14H,10H2,(H,18,19);1-4H;1-2H/t14-;;/m0../s1. The lowest BCUT2D eigenvalue weighted by molar-refractivity contribution is 0.177. The van der Waals surface area contributed by atoms with Crippen LogP contribution in [0.15, 0.2) is 67.3 Å². The molecule has 30 heavy (non-hydrogen) atoms. The first-order valence-corrected chi connectivity index (χ1v) is 8.65. The largest absolute Gasteiger partial charge is 0.447 e. The third-order valence-electron chi connectivity index (χ3n) is 3.63. The van der Waals surface area contributed by atoms with Gasteiger partial charge in [0.1, 0.15) is 18.2 Å². The molecule has 1 fully saturated rings. The molecule has 1 aliphatic heterocycles. The molecule has 3 aromatic rings. The molecule has 5 nitrogen and oxygen atoms in total. The van der Waals surface area contributed by atoms with Crippen molar-refractivity contribution in [3.8, 4) is 24.7 Å². The van der Waals surface area contributed by atoms with Crippen molar-refractivity contribution in [3.63, 3.8) is 0 Å². The van der Waals surface area contributed by atoms with E-state index in [4.69, 9.17) is 4.74 Å². The summed E-state index contributed by atoms with van der Waals surface area (Å²) in [6.45, 7) is 0.319.